The summed E-state index contributed by atoms with van der Waals surface area (Å²) in [5.74, 6) is -0.126. The molecule has 0 bridgehead atoms. The molecule has 0 heterocycles. The molecule has 0 aromatic carbocycles. The van der Waals surface area contributed by atoms with Crippen LogP contribution in [0.4, 0.5) is 4.79 Å². The number of carbonyl (C=O) groups is 2. The number of amides is 1. The molecular weight excluding hydrogens is 269 g/mol. The summed E-state index contributed by atoms with van der Waals surface area (Å²) in [7, 11) is -1.46. The highest BCUT2D eigenvalue weighted by Gasteiger charge is 2.19. The molecule has 1 amide bonds. The van der Waals surface area contributed by atoms with Crippen LogP contribution in [0, 0.1) is 0 Å². The number of Topliss-reactive ketones (excluding diaryl/α,β-unsaturated/α-hetero) is 1. The van der Waals surface area contributed by atoms with Gasteiger partial charge < -0.3 is 14.6 Å². The van der Waals surface area contributed by atoms with Crippen molar-refractivity contribution in [2.45, 2.75) is 39.2 Å². The average Bonchev–Trinajstić information content (AvgIpc) is 2.21. The van der Waals surface area contributed by atoms with Gasteiger partial charge in [-0.2, -0.15) is 0 Å². The summed E-state index contributed by atoms with van der Waals surface area (Å²) < 4.78 is 21.4. The van der Waals surface area contributed by atoms with E-state index in [-0.39, 0.29) is 18.4 Å². The van der Waals surface area contributed by atoms with E-state index < -0.39 is 19.1 Å². The van der Waals surface area contributed by atoms with E-state index in [9.17, 15) is 14.2 Å². The number of hydrogen-bond acceptors (Lipinski definition) is 5. The highest BCUT2D eigenvalue weighted by Crippen LogP contribution is 2.41. The second-order valence-corrected chi connectivity index (χ2v) is 8.14. The van der Waals surface area contributed by atoms with Gasteiger partial charge >= 0.3 is 6.09 Å². The van der Waals surface area contributed by atoms with Gasteiger partial charge in [-0.1, -0.05) is 0 Å². The lowest BCUT2D eigenvalue weighted by atomic mass is 10.2. The fourth-order valence-electron chi connectivity index (χ4n) is 1.25. The molecule has 0 aromatic rings. The lowest BCUT2D eigenvalue weighted by Gasteiger charge is -2.19. The Hall–Kier alpha value is -0.870. The van der Waals surface area contributed by atoms with Gasteiger partial charge in [0.15, 0.2) is 0 Å². The predicted octanol–water partition coefficient (Wildman–Crippen LogP) is 2.41. The van der Waals surface area contributed by atoms with E-state index in [1.807, 2.05) is 0 Å². The number of ether oxygens (including phenoxy) is 1. The van der Waals surface area contributed by atoms with Crippen LogP contribution in [0.3, 0.4) is 0 Å². The minimum absolute atomic E-state index is 0.0596. The lowest BCUT2D eigenvalue weighted by molar-refractivity contribution is -0.116. The number of hydrogen-bond donors (Lipinski definition) is 1. The zero-order valence-corrected chi connectivity index (χ0v) is 13.2. The first-order chi connectivity index (χ1) is 8.56. The molecule has 0 aliphatic rings. The van der Waals surface area contributed by atoms with Gasteiger partial charge in [0.05, 0.1) is 6.16 Å². The number of rotatable bonds is 7. The van der Waals surface area contributed by atoms with Crippen LogP contribution in [0.1, 0.15) is 33.6 Å². The van der Waals surface area contributed by atoms with Gasteiger partial charge in [-0.3, -0.25) is 9.36 Å². The number of alkyl carbamates (subject to hydrolysis) is 1. The third-order valence-corrected chi connectivity index (χ3v) is 3.85. The van der Waals surface area contributed by atoms with Crippen molar-refractivity contribution in [3.63, 3.8) is 0 Å². The van der Waals surface area contributed by atoms with E-state index >= 15 is 0 Å². The van der Waals surface area contributed by atoms with E-state index in [0.717, 1.165) is 0 Å². The monoisotopic (exact) mass is 293 g/mol. The zero-order valence-electron chi connectivity index (χ0n) is 12.3. The van der Waals surface area contributed by atoms with Crippen LogP contribution in [0.25, 0.3) is 0 Å². The minimum atomic E-state index is -2.79. The van der Waals surface area contributed by atoms with Crippen molar-refractivity contribution in [2.75, 3.05) is 26.5 Å². The summed E-state index contributed by atoms with van der Waals surface area (Å²) in [6, 6.07) is 0. The van der Waals surface area contributed by atoms with Crippen molar-refractivity contribution in [3.8, 4) is 0 Å². The van der Waals surface area contributed by atoms with Crippen LogP contribution < -0.4 is 5.32 Å². The maximum absolute atomic E-state index is 11.6. The lowest BCUT2D eigenvalue weighted by Crippen LogP contribution is -2.33. The normalized spacial score (nSPS) is 14.6. The topological polar surface area (TPSA) is 81.7 Å². The Labute approximate surface area is 114 Å². The van der Waals surface area contributed by atoms with Crippen LogP contribution in [0.15, 0.2) is 0 Å². The van der Waals surface area contributed by atoms with Crippen molar-refractivity contribution >= 4 is 19.2 Å². The Morgan fingerprint density at radius 1 is 1.26 bits per heavy atom. The summed E-state index contributed by atoms with van der Waals surface area (Å²) >= 11 is 0. The molecular formula is C12H24NO5P. The maximum atomic E-state index is 11.6. The van der Waals surface area contributed by atoms with Crippen LogP contribution >= 0.6 is 7.37 Å². The summed E-state index contributed by atoms with van der Waals surface area (Å²) in [5, 5.41) is 2.56. The standard InChI is InChI=1S/C12H24NO5P/c1-12(2,3)18-11(15)13-8-6-7-10(14)9-19(5,16)17-4/h6-9H2,1-5H3,(H,13,15). The SMILES string of the molecule is COP(C)(=O)CC(=O)CCCNC(=O)OC(C)(C)C. The Morgan fingerprint density at radius 2 is 1.84 bits per heavy atom. The molecule has 7 heteroatoms. The van der Waals surface area contributed by atoms with Crippen molar-refractivity contribution in [1.29, 1.82) is 0 Å². The number of nitrogens with one attached hydrogen (secondary N) is 1. The van der Waals surface area contributed by atoms with Gasteiger partial charge in [0.1, 0.15) is 11.4 Å². The third-order valence-electron chi connectivity index (χ3n) is 2.15. The third kappa shape index (κ3) is 10.7. The molecule has 0 rings (SSSR count). The van der Waals surface area contributed by atoms with E-state index in [0.29, 0.717) is 13.0 Å². The number of ketones is 1. The molecule has 0 aromatic heterocycles. The van der Waals surface area contributed by atoms with Gasteiger partial charge in [0.25, 0.3) is 0 Å². The molecule has 0 saturated carbocycles. The Kier molecular flexibility index (Phi) is 7.30. The molecule has 1 N–H and O–H groups in total. The molecule has 6 nitrogen and oxygen atoms in total. The molecule has 0 spiro atoms. The highest BCUT2D eigenvalue weighted by atomic mass is 31.2. The second kappa shape index (κ2) is 7.65. The molecule has 1 atom stereocenters. The summed E-state index contributed by atoms with van der Waals surface area (Å²) in [6.07, 6.45) is 0.187. The van der Waals surface area contributed by atoms with E-state index in [1.165, 1.54) is 13.8 Å². The van der Waals surface area contributed by atoms with E-state index in [1.54, 1.807) is 20.8 Å². The Morgan fingerprint density at radius 3 is 2.32 bits per heavy atom. The molecule has 0 aliphatic heterocycles. The van der Waals surface area contributed by atoms with Gasteiger partial charge in [0, 0.05) is 26.7 Å². The predicted molar refractivity (Wildman–Crippen MR) is 73.9 cm³/mol. The molecule has 1 unspecified atom stereocenters. The quantitative estimate of drug-likeness (QED) is 0.576. The molecule has 0 saturated heterocycles. The van der Waals surface area contributed by atoms with Crippen molar-refractivity contribution < 1.29 is 23.4 Å². The van der Waals surface area contributed by atoms with E-state index in [2.05, 4.69) is 5.32 Å². The van der Waals surface area contributed by atoms with Crippen LogP contribution in [0.5, 0.6) is 0 Å². The van der Waals surface area contributed by atoms with Gasteiger partial charge in [-0.15, -0.1) is 0 Å². The summed E-state index contributed by atoms with van der Waals surface area (Å²) in [6.45, 7) is 7.12. The first-order valence-corrected chi connectivity index (χ1v) is 8.42. The molecule has 0 radical (unpaired) electrons. The molecule has 0 aliphatic carbocycles. The molecule has 0 fully saturated rings. The second-order valence-electron chi connectivity index (χ2n) is 5.43. The number of carbonyl (C=O) groups excluding carboxylic acids is 2. The van der Waals surface area contributed by atoms with E-state index in [4.69, 9.17) is 9.26 Å². The van der Waals surface area contributed by atoms with Gasteiger partial charge in [0.2, 0.25) is 7.37 Å². The minimum Gasteiger partial charge on any atom is -0.444 e. The fourth-order valence-corrected chi connectivity index (χ4v) is 2.18. The van der Waals surface area contributed by atoms with Crippen molar-refractivity contribution in [1.82, 2.24) is 5.32 Å². The highest BCUT2D eigenvalue weighted by molar-refractivity contribution is 7.59. The first-order valence-electron chi connectivity index (χ1n) is 6.16. The van der Waals surface area contributed by atoms with Crippen molar-refractivity contribution in [3.05, 3.63) is 0 Å². The molecule has 112 valence electrons. The largest absolute Gasteiger partial charge is 0.444 e. The zero-order chi connectivity index (χ0) is 15.1. The van der Waals surface area contributed by atoms with Gasteiger partial charge in [-0.25, -0.2) is 4.79 Å². The van der Waals surface area contributed by atoms with Crippen LogP contribution in [-0.4, -0.2) is 44.0 Å². The summed E-state index contributed by atoms with van der Waals surface area (Å²) in [5.41, 5.74) is -0.535. The Bertz CT molecular complexity index is 362. The van der Waals surface area contributed by atoms with Crippen LogP contribution in [0.2, 0.25) is 0 Å². The average molecular weight is 293 g/mol. The fraction of sp³-hybridized carbons (Fsp3) is 0.833. The first kappa shape index (κ1) is 18.1. The molecule has 19 heavy (non-hydrogen) atoms. The summed E-state index contributed by atoms with van der Waals surface area (Å²) in [4.78, 5) is 22.8. The van der Waals surface area contributed by atoms with Crippen molar-refractivity contribution in [2.24, 2.45) is 0 Å². The maximum Gasteiger partial charge on any atom is 0.407 e. The Balaban J connectivity index is 3.79. The smallest absolute Gasteiger partial charge is 0.407 e. The van der Waals surface area contributed by atoms with Crippen LogP contribution in [-0.2, 0) is 18.6 Å². The van der Waals surface area contributed by atoms with Gasteiger partial charge in [-0.05, 0) is 27.2 Å².